The Hall–Kier alpha value is -3.36. The van der Waals surface area contributed by atoms with Crippen LogP contribution in [0.15, 0.2) is 85.0 Å². The van der Waals surface area contributed by atoms with Gasteiger partial charge in [-0.1, -0.05) is 85.0 Å². The number of fused-ring (bicyclic) bond motifs is 2. The van der Waals surface area contributed by atoms with E-state index in [0.717, 1.165) is 11.1 Å². The van der Waals surface area contributed by atoms with Crippen LogP contribution in [-0.2, 0) is 20.9 Å². The minimum Gasteiger partial charge on any atom is -0.394 e. The molecule has 4 aliphatic heterocycles. The molecule has 2 aromatic rings. The largest absolute Gasteiger partial charge is 0.394 e. The van der Waals surface area contributed by atoms with E-state index in [-0.39, 0.29) is 29.6 Å². The minimum atomic E-state index is -0.907. The van der Waals surface area contributed by atoms with Gasteiger partial charge in [-0.15, -0.1) is 11.8 Å². The summed E-state index contributed by atoms with van der Waals surface area (Å²) in [6, 6.07) is 17.6. The zero-order valence-electron chi connectivity index (χ0n) is 21.2. The van der Waals surface area contributed by atoms with Crippen LogP contribution in [0.5, 0.6) is 0 Å². The molecule has 2 saturated heterocycles. The van der Waals surface area contributed by atoms with Crippen molar-refractivity contribution >= 4 is 29.5 Å². The van der Waals surface area contributed by atoms with Crippen molar-refractivity contribution in [3.63, 3.8) is 0 Å². The van der Waals surface area contributed by atoms with Crippen LogP contribution >= 0.6 is 11.8 Å². The highest BCUT2D eigenvalue weighted by molar-refractivity contribution is 8.02. The maximum atomic E-state index is 14.5. The number of carbonyl (C=O) groups excluding carboxylic acids is 3. The van der Waals surface area contributed by atoms with Gasteiger partial charge in [-0.05, 0) is 11.1 Å². The van der Waals surface area contributed by atoms with E-state index < -0.39 is 28.7 Å². The summed E-state index contributed by atoms with van der Waals surface area (Å²) in [7, 11) is 1.76. The molecule has 0 saturated carbocycles. The molecule has 6 atom stereocenters. The van der Waals surface area contributed by atoms with Crippen LogP contribution in [0.25, 0.3) is 0 Å². The molecule has 4 aliphatic rings. The molecule has 0 radical (unpaired) electrons. The Morgan fingerprint density at radius 3 is 2.37 bits per heavy atom. The third-order valence-corrected chi connectivity index (χ3v) is 10.0. The Kier molecular flexibility index (Phi) is 6.40. The van der Waals surface area contributed by atoms with Crippen LogP contribution in [0.3, 0.4) is 0 Å². The van der Waals surface area contributed by atoms with Crippen LogP contribution in [-0.4, -0.2) is 80.3 Å². The predicted octanol–water partition coefficient (Wildman–Crippen LogP) is 2.64. The average Bonchev–Trinajstić information content (AvgIpc) is 3.27. The highest BCUT2D eigenvalue weighted by Gasteiger charge is 2.71. The fourth-order valence-corrected chi connectivity index (χ4v) is 8.55. The van der Waals surface area contributed by atoms with E-state index in [4.69, 9.17) is 0 Å². The maximum absolute atomic E-state index is 14.5. The number of likely N-dealkylation sites (N-methyl/N-ethyl adjacent to an activating group) is 1. The number of amides is 3. The molecule has 38 heavy (non-hydrogen) atoms. The van der Waals surface area contributed by atoms with Gasteiger partial charge in [-0.3, -0.25) is 14.4 Å². The Balaban J connectivity index is 1.48. The summed E-state index contributed by atoms with van der Waals surface area (Å²) in [5, 5.41) is 10.4. The van der Waals surface area contributed by atoms with Crippen molar-refractivity contribution in [1.82, 2.24) is 14.7 Å². The lowest BCUT2D eigenvalue weighted by molar-refractivity contribution is -0.147. The zero-order chi connectivity index (χ0) is 26.4. The van der Waals surface area contributed by atoms with E-state index in [0.29, 0.717) is 19.6 Å². The monoisotopic (exact) mass is 529 g/mol. The number of rotatable bonds is 5. The molecule has 7 nitrogen and oxygen atoms in total. The average molecular weight is 530 g/mol. The first-order valence-electron chi connectivity index (χ1n) is 13.0. The summed E-state index contributed by atoms with van der Waals surface area (Å²) >= 11 is 1.56. The summed E-state index contributed by atoms with van der Waals surface area (Å²) in [4.78, 5) is 47.6. The SMILES string of the molecule is CN1CC=C[C@@H]2S[C@]34C=CCN(Cc5ccccc5)C(=O)C3N([C@H](CO)c3ccccc3)C(=O)[C@@H]4[C@@H]2C1=O. The molecule has 4 heterocycles. The third kappa shape index (κ3) is 3.81. The molecule has 1 unspecified atom stereocenters. The van der Waals surface area contributed by atoms with Crippen LogP contribution in [0.2, 0.25) is 0 Å². The number of hydrogen-bond donors (Lipinski definition) is 1. The van der Waals surface area contributed by atoms with Gasteiger partial charge >= 0.3 is 0 Å². The standard InChI is InChI=1S/C30H31N3O4S/c1-31-16-8-14-23-24(27(31)35)25-28(36)33(22(19-34)21-12-6-3-7-13-21)26-29(37)32(17-9-15-30(25,26)38-23)18-20-10-4-2-5-11-20/h2-15,22-26,34H,16-19H2,1H3/t22-,23+,24-,25+,26?,30+/m1/s1. The van der Waals surface area contributed by atoms with Crippen molar-refractivity contribution in [3.8, 4) is 0 Å². The number of hydrogen-bond acceptors (Lipinski definition) is 5. The van der Waals surface area contributed by atoms with E-state index >= 15 is 0 Å². The fraction of sp³-hybridized carbons (Fsp3) is 0.367. The fourth-order valence-electron chi connectivity index (χ4n) is 6.56. The Morgan fingerprint density at radius 1 is 0.947 bits per heavy atom. The molecule has 3 amide bonds. The summed E-state index contributed by atoms with van der Waals surface area (Å²) in [6.45, 7) is 1.00. The van der Waals surface area contributed by atoms with E-state index in [1.54, 1.807) is 33.5 Å². The Morgan fingerprint density at radius 2 is 1.66 bits per heavy atom. The number of aliphatic hydroxyl groups is 1. The molecule has 0 bridgehead atoms. The van der Waals surface area contributed by atoms with E-state index in [1.165, 1.54) is 0 Å². The van der Waals surface area contributed by atoms with E-state index in [2.05, 4.69) is 0 Å². The molecular weight excluding hydrogens is 498 g/mol. The first-order chi connectivity index (χ1) is 18.5. The topological polar surface area (TPSA) is 81.2 Å². The number of aliphatic hydroxyl groups excluding tert-OH is 1. The highest BCUT2D eigenvalue weighted by atomic mass is 32.2. The van der Waals surface area contributed by atoms with Crippen LogP contribution in [0, 0.1) is 11.8 Å². The summed E-state index contributed by atoms with van der Waals surface area (Å²) < 4.78 is -0.907. The van der Waals surface area contributed by atoms with Gasteiger partial charge in [-0.25, -0.2) is 0 Å². The molecule has 8 heteroatoms. The highest BCUT2D eigenvalue weighted by Crippen LogP contribution is 2.62. The van der Waals surface area contributed by atoms with Crippen molar-refractivity contribution in [2.24, 2.45) is 11.8 Å². The van der Waals surface area contributed by atoms with Crippen molar-refractivity contribution in [2.75, 3.05) is 26.7 Å². The quantitative estimate of drug-likeness (QED) is 0.603. The van der Waals surface area contributed by atoms with E-state index in [1.807, 2.05) is 85.0 Å². The minimum absolute atomic E-state index is 0.0742. The molecule has 0 aromatic heterocycles. The molecule has 0 aliphatic carbocycles. The number of benzene rings is 2. The lowest BCUT2D eigenvalue weighted by atomic mass is 9.78. The van der Waals surface area contributed by atoms with Gasteiger partial charge in [-0.2, -0.15) is 0 Å². The van der Waals surface area contributed by atoms with Gasteiger partial charge < -0.3 is 19.8 Å². The van der Waals surface area contributed by atoms with Crippen molar-refractivity contribution in [3.05, 3.63) is 96.1 Å². The van der Waals surface area contributed by atoms with Gasteiger partial charge in [0.05, 0.1) is 29.2 Å². The summed E-state index contributed by atoms with van der Waals surface area (Å²) in [6.07, 6.45) is 8.01. The van der Waals surface area contributed by atoms with Crippen LogP contribution in [0.1, 0.15) is 17.2 Å². The second kappa shape index (κ2) is 9.75. The molecule has 1 N–H and O–H groups in total. The van der Waals surface area contributed by atoms with Gasteiger partial charge in [0, 0.05) is 31.9 Å². The third-order valence-electron chi connectivity index (χ3n) is 8.29. The lowest BCUT2D eigenvalue weighted by Crippen LogP contribution is -2.54. The van der Waals surface area contributed by atoms with Crippen LogP contribution in [0.4, 0.5) is 0 Å². The molecular formula is C30H31N3O4S. The van der Waals surface area contributed by atoms with Crippen LogP contribution < -0.4 is 0 Å². The first kappa shape index (κ1) is 24.9. The molecule has 2 aromatic carbocycles. The van der Waals surface area contributed by atoms with Crippen molar-refractivity contribution < 1.29 is 19.5 Å². The lowest BCUT2D eigenvalue weighted by Gasteiger charge is -2.38. The predicted molar refractivity (Wildman–Crippen MR) is 146 cm³/mol. The van der Waals surface area contributed by atoms with Gasteiger partial charge in [0.1, 0.15) is 6.04 Å². The molecule has 6 rings (SSSR count). The van der Waals surface area contributed by atoms with E-state index in [9.17, 15) is 19.5 Å². The Labute approximate surface area is 226 Å². The number of thioether (sulfide) groups is 1. The van der Waals surface area contributed by atoms with Gasteiger partial charge in [0.2, 0.25) is 17.7 Å². The van der Waals surface area contributed by atoms with Crippen molar-refractivity contribution in [1.29, 1.82) is 0 Å². The molecule has 1 spiro atoms. The maximum Gasteiger partial charge on any atom is 0.247 e. The van der Waals surface area contributed by atoms with Gasteiger partial charge in [0.25, 0.3) is 0 Å². The number of carbonyl (C=O) groups is 3. The summed E-state index contributed by atoms with van der Waals surface area (Å²) in [5.41, 5.74) is 1.77. The normalized spacial score (nSPS) is 31.1. The molecule has 2 fully saturated rings. The first-order valence-corrected chi connectivity index (χ1v) is 13.9. The smallest absolute Gasteiger partial charge is 0.247 e. The second-order valence-corrected chi connectivity index (χ2v) is 11.9. The molecule has 196 valence electrons. The van der Waals surface area contributed by atoms with Crippen molar-refractivity contribution in [2.45, 2.75) is 28.6 Å². The van der Waals surface area contributed by atoms with Gasteiger partial charge in [0.15, 0.2) is 0 Å². The summed E-state index contributed by atoms with van der Waals surface area (Å²) in [5.74, 6) is -1.74. The Bertz CT molecular complexity index is 1300. The zero-order valence-corrected chi connectivity index (χ0v) is 22.0. The second-order valence-electron chi connectivity index (χ2n) is 10.5. The number of likely N-dealkylation sites (tertiary alicyclic amines) is 1. The number of nitrogens with zero attached hydrogens (tertiary/aromatic N) is 3.